The smallest absolute Gasteiger partial charge is 0.226 e. The van der Waals surface area contributed by atoms with Crippen molar-refractivity contribution in [1.29, 1.82) is 0 Å². The van der Waals surface area contributed by atoms with Crippen LogP contribution in [0, 0.1) is 5.92 Å². The molecule has 0 spiro atoms. The molecule has 4 heteroatoms. The number of amides is 1. The van der Waals surface area contributed by atoms with E-state index in [1.54, 1.807) is 0 Å². The molecule has 2 unspecified atom stereocenters. The van der Waals surface area contributed by atoms with E-state index in [0.717, 1.165) is 44.2 Å². The van der Waals surface area contributed by atoms with Crippen LogP contribution in [-0.2, 0) is 11.3 Å². The summed E-state index contributed by atoms with van der Waals surface area (Å²) in [6.45, 7) is 4.48. The molecule has 25 heavy (non-hydrogen) atoms. The van der Waals surface area contributed by atoms with Crippen LogP contribution in [0.15, 0.2) is 54.6 Å². The van der Waals surface area contributed by atoms with Crippen molar-refractivity contribution in [3.63, 3.8) is 0 Å². The Kier molecular flexibility index (Phi) is 4.78. The van der Waals surface area contributed by atoms with Gasteiger partial charge in [0.15, 0.2) is 0 Å². The van der Waals surface area contributed by atoms with Gasteiger partial charge >= 0.3 is 0 Å². The molecule has 2 aromatic rings. The van der Waals surface area contributed by atoms with Gasteiger partial charge in [-0.3, -0.25) is 9.69 Å². The molecule has 0 radical (unpaired) electrons. The topological polar surface area (TPSA) is 23.6 Å². The van der Waals surface area contributed by atoms with Gasteiger partial charge in [0.1, 0.15) is 0 Å². The van der Waals surface area contributed by atoms with E-state index in [-0.39, 0.29) is 5.92 Å². The number of halogens is 1. The summed E-state index contributed by atoms with van der Waals surface area (Å²) in [4.78, 5) is 17.2. The molecule has 1 aliphatic carbocycles. The van der Waals surface area contributed by atoms with Gasteiger partial charge in [-0.15, -0.1) is 0 Å². The summed E-state index contributed by atoms with van der Waals surface area (Å²) in [5.74, 6) is 0.978. The molecule has 0 aromatic heterocycles. The second kappa shape index (κ2) is 7.19. The Morgan fingerprint density at radius 1 is 0.960 bits per heavy atom. The van der Waals surface area contributed by atoms with Crippen molar-refractivity contribution in [3.05, 3.63) is 70.7 Å². The van der Waals surface area contributed by atoms with E-state index in [0.29, 0.717) is 11.8 Å². The van der Waals surface area contributed by atoms with Gasteiger partial charge in [-0.25, -0.2) is 0 Å². The number of nitrogens with zero attached hydrogens (tertiary/aromatic N) is 2. The van der Waals surface area contributed by atoms with Crippen LogP contribution in [-0.4, -0.2) is 41.9 Å². The van der Waals surface area contributed by atoms with Crippen LogP contribution in [0.1, 0.15) is 23.5 Å². The van der Waals surface area contributed by atoms with E-state index in [1.807, 2.05) is 18.2 Å². The van der Waals surface area contributed by atoms with Gasteiger partial charge in [-0.1, -0.05) is 54.1 Å². The molecule has 130 valence electrons. The Bertz CT molecular complexity index is 723. The number of piperazine rings is 1. The van der Waals surface area contributed by atoms with E-state index >= 15 is 0 Å². The zero-order chi connectivity index (χ0) is 17.2. The lowest BCUT2D eigenvalue weighted by molar-refractivity contribution is -0.134. The SMILES string of the molecule is O=C(C1CC1c1ccccc1)N1CCN(Cc2ccc(Cl)cc2)CC1. The molecular formula is C21H23ClN2O. The second-order valence-corrected chi connectivity index (χ2v) is 7.52. The van der Waals surface area contributed by atoms with E-state index in [1.165, 1.54) is 11.1 Å². The normalized spacial score (nSPS) is 23.5. The van der Waals surface area contributed by atoms with Gasteiger partial charge in [0, 0.05) is 43.7 Å². The van der Waals surface area contributed by atoms with E-state index in [4.69, 9.17) is 11.6 Å². The lowest BCUT2D eigenvalue weighted by Gasteiger charge is -2.35. The summed E-state index contributed by atoms with van der Waals surface area (Å²) in [5, 5.41) is 0.775. The number of benzene rings is 2. The van der Waals surface area contributed by atoms with Crippen molar-refractivity contribution in [2.75, 3.05) is 26.2 Å². The first-order valence-corrected chi connectivity index (χ1v) is 9.39. The average molecular weight is 355 g/mol. The van der Waals surface area contributed by atoms with Crippen LogP contribution in [0.25, 0.3) is 0 Å². The summed E-state index contributed by atoms with van der Waals surface area (Å²) in [6, 6.07) is 18.5. The molecule has 1 saturated carbocycles. The predicted molar refractivity (Wildman–Crippen MR) is 101 cm³/mol. The molecule has 2 fully saturated rings. The van der Waals surface area contributed by atoms with E-state index in [9.17, 15) is 4.79 Å². The summed E-state index contributed by atoms with van der Waals surface area (Å²) in [7, 11) is 0. The lowest BCUT2D eigenvalue weighted by Crippen LogP contribution is -2.48. The maximum Gasteiger partial charge on any atom is 0.226 e. The molecule has 2 aliphatic rings. The Hall–Kier alpha value is -1.84. The monoisotopic (exact) mass is 354 g/mol. The van der Waals surface area contributed by atoms with Gasteiger partial charge in [0.05, 0.1) is 0 Å². The minimum Gasteiger partial charge on any atom is -0.340 e. The van der Waals surface area contributed by atoms with Gasteiger partial charge in [0.2, 0.25) is 5.91 Å². The zero-order valence-corrected chi connectivity index (χ0v) is 15.0. The zero-order valence-electron chi connectivity index (χ0n) is 14.3. The van der Waals surface area contributed by atoms with Crippen LogP contribution in [0.3, 0.4) is 0 Å². The van der Waals surface area contributed by atoms with Crippen molar-refractivity contribution in [3.8, 4) is 0 Å². The number of carbonyl (C=O) groups is 1. The highest BCUT2D eigenvalue weighted by molar-refractivity contribution is 6.30. The van der Waals surface area contributed by atoms with Gasteiger partial charge in [-0.05, 0) is 35.6 Å². The number of hydrogen-bond donors (Lipinski definition) is 0. The maximum atomic E-state index is 12.7. The Morgan fingerprint density at radius 2 is 1.64 bits per heavy atom. The fourth-order valence-electron chi connectivity index (χ4n) is 3.75. The first kappa shape index (κ1) is 16.6. The summed E-state index contributed by atoms with van der Waals surface area (Å²) in [6.07, 6.45) is 1.01. The highest BCUT2D eigenvalue weighted by atomic mass is 35.5. The first-order valence-electron chi connectivity index (χ1n) is 9.01. The van der Waals surface area contributed by atoms with Crippen LogP contribution < -0.4 is 0 Å². The third-order valence-electron chi connectivity index (χ3n) is 5.34. The lowest BCUT2D eigenvalue weighted by atomic mass is 10.1. The van der Waals surface area contributed by atoms with Gasteiger partial charge < -0.3 is 4.90 Å². The van der Waals surface area contributed by atoms with Crippen molar-refractivity contribution < 1.29 is 4.79 Å². The van der Waals surface area contributed by atoms with Crippen LogP contribution >= 0.6 is 11.6 Å². The number of carbonyl (C=O) groups excluding carboxylic acids is 1. The first-order chi connectivity index (χ1) is 12.2. The van der Waals surface area contributed by atoms with Gasteiger partial charge in [-0.2, -0.15) is 0 Å². The molecular weight excluding hydrogens is 332 g/mol. The summed E-state index contributed by atoms with van der Waals surface area (Å²) < 4.78 is 0. The molecule has 1 aliphatic heterocycles. The fraction of sp³-hybridized carbons (Fsp3) is 0.381. The Balaban J connectivity index is 1.27. The second-order valence-electron chi connectivity index (χ2n) is 7.09. The Labute approximate surface area is 154 Å². The number of hydrogen-bond acceptors (Lipinski definition) is 2. The predicted octanol–water partition coefficient (Wildman–Crippen LogP) is 3.79. The van der Waals surface area contributed by atoms with Crippen molar-refractivity contribution >= 4 is 17.5 Å². The molecule has 1 heterocycles. The fourth-order valence-corrected chi connectivity index (χ4v) is 3.87. The molecule has 2 atom stereocenters. The highest BCUT2D eigenvalue weighted by Gasteiger charge is 2.45. The molecule has 1 saturated heterocycles. The molecule has 2 aromatic carbocycles. The molecule has 0 bridgehead atoms. The molecule has 3 nitrogen and oxygen atoms in total. The summed E-state index contributed by atoms with van der Waals surface area (Å²) in [5.41, 5.74) is 2.58. The number of rotatable bonds is 4. The molecule has 4 rings (SSSR count). The minimum absolute atomic E-state index is 0.199. The molecule has 1 amide bonds. The van der Waals surface area contributed by atoms with Crippen molar-refractivity contribution in [2.24, 2.45) is 5.92 Å². The third kappa shape index (κ3) is 3.88. The average Bonchev–Trinajstić information content (AvgIpc) is 3.45. The van der Waals surface area contributed by atoms with Crippen molar-refractivity contribution in [1.82, 2.24) is 9.80 Å². The third-order valence-corrected chi connectivity index (χ3v) is 5.59. The van der Waals surface area contributed by atoms with E-state index in [2.05, 4.69) is 46.2 Å². The van der Waals surface area contributed by atoms with Crippen LogP contribution in [0.5, 0.6) is 0 Å². The quantitative estimate of drug-likeness (QED) is 0.834. The largest absolute Gasteiger partial charge is 0.340 e. The van der Waals surface area contributed by atoms with Crippen LogP contribution in [0.4, 0.5) is 0 Å². The van der Waals surface area contributed by atoms with Crippen LogP contribution in [0.2, 0.25) is 5.02 Å². The standard InChI is InChI=1S/C21H23ClN2O/c22-18-8-6-16(7-9-18)15-23-10-12-24(13-11-23)21(25)20-14-19(20)17-4-2-1-3-5-17/h1-9,19-20H,10-15H2. The van der Waals surface area contributed by atoms with E-state index < -0.39 is 0 Å². The summed E-state index contributed by atoms with van der Waals surface area (Å²) >= 11 is 5.94. The van der Waals surface area contributed by atoms with Gasteiger partial charge in [0.25, 0.3) is 0 Å². The van der Waals surface area contributed by atoms with Crippen molar-refractivity contribution in [2.45, 2.75) is 18.9 Å². The maximum absolute atomic E-state index is 12.7. The minimum atomic E-state index is 0.199. The Morgan fingerprint density at radius 3 is 2.32 bits per heavy atom. The molecule has 0 N–H and O–H groups in total. The highest BCUT2D eigenvalue weighted by Crippen LogP contribution is 2.48.